The number of methoxy groups -OCH3 is 1. The second-order valence-corrected chi connectivity index (χ2v) is 11.3. The number of aromatic nitrogens is 8. The Kier molecular flexibility index (Phi) is 9.42. The molecule has 0 saturated carbocycles. The van der Waals surface area contributed by atoms with Crippen molar-refractivity contribution in [3.8, 4) is 17.6 Å². The third-order valence-corrected chi connectivity index (χ3v) is 7.42. The molecule has 0 aliphatic carbocycles. The van der Waals surface area contributed by atoms with E-state index in [4.69, 9.17) is 4.74 Å². The Morgan fingerprint density at radius 3 is 2.20 bits per heavy atom. The van der Waals surface area contributed by atoms with Crippen LogP contribution in [0.5, 0.6) is 5.75 Å². The van der Waals surface area contributed by atoms with E-state index >= 15 is 0 Å². The largest absolute Gasteiger partial charge is 0.496 e. The van der Waals surface area contributed by atoms with Crippen LogP contribution in [0.25, 0.3) is 11.9 Å². The first-order chi connectivity index (χ1) is 24.1. The number of amides is 2. The van der Waals surface area contributed by atoms with Gasteiger partial charge >= 0.3 is 0 Å². The minimum atomic E-state index is -0.563. The number of hydrogen-bond donors (Lipinski definition) is 4. The lowest BCUT2D eigenvalue weighted by molar-refractivity contribution is 0.101. The van der Waals surface area contributed by atoms with Gasteiger partial charge in [0.05, 0.1) is 24.1 Å². The first-order valence-corrected chi connectivity index (χ1v) is 15.4. The van der Waals surface area contributed by atoms with E-state index in [1.807, 2.05) is 0 Å². The van der Waals surface area contributed by atoms with Gasteiger partial charge in [-0.3, -0.25) is 29.1 Å². The van der Waals surface area contributed by atoms with Crippen molar-refractivity contribution >= 4 is 23.5 Å². The topological polar surface area (TPSA) is 195 Å². The zero-order chi connectivity index (χ0) is 35.4. The molecule has 0 radical (unpaired) electrons. The average molecular weight is 679 g/mol. The Morgan fingerprint density at radius 2 is 1.44 bits per heavy atom. The summed E-state index contributed by atoms with van der Waals surface area (Å²) in [6.07, 6.45) is 1.25. The summed E-state index contributed by atoms with van der Waals surface area (Å²) in [7, 11) is 1.47. The van der Waals surface area contributed by atoms with Gasteiger partial charge in [0, 0.05) is 41.2 Å². The Bertz CT molecular complexity index is 2340. The number of nitrogens with zero attached hydrogens (tertiary/aromatic N) is 6. The number of H-pyrrole nitrogens is 2. The Labute approximate surface area is 283 Å². The maximum Gasteiger partial charge on any atom is 0.260 e. The molecule has 4 heterocycles. The minimum absolute atomic E-state index is 0.0789. The van der Waals surface area contributed by atoms with Crippen molar-refractivity contribution in [2.45, 2.75) is 33.1 Å². The van der Waals surface area contributed by atoms with Gasteiger partial charge in [0.15, 0.2) is 0 Å². The molecule has 0 bridgehead atoms. The zero-order valence-corrected chi connectivity index (χ0v) is 27.2. The smallest absolute Gasteiger partial charge is 0.260 e. The molecule has 0 fully saturated rings. The van der Waals surface area contributed by atoms with Crippen molar-refractivity contribution in [2.24, 2.45) is 0 Å². The van der Waals surface area contributed by atoms with Crippen LogP contribution >= 0.6 is 0 Å². The molecule has 2 aromatic carbocycles. The molecular weight excluding hydrogens is 647 g/mol. The second kappa shape index (κ2) is 14.2. The van der Waals surface area contributed by atoms with E-state index in [-0.39, 0.29) is 34.7 Å². The molecule has 15 nitrogen and oxygen atoms in total. The normalized spacial score (nSPS) is 11.0. The fourth-order valence-corrected chi connectivity index (χ4v) is 5.22. The van der Waals surface area contributed by atoms with E-state index in [2.05, 4.69) is 40.8 Å². The number of benzene rings is 2. The predicted octanol–water partition coefficient (Wildman–Crippen LogP) is 3.67. The maximum absolute atomic E-state index is 13.7. The molecule has 6 aromatic rings. The Balaban J connectivity index is 1.22. The molecule has 0 spiro atoms. The molecule has 4 aromatic heterocycles. The first-order valence-electron chi connectivity index (χ1n) is 15.4. The summed E-state index contributed by atoms with van der Waals surface area (Å²) in [5, 5.41) is 14.5. The number of halogens is 1. The van der Waals surface area contributed by atoms with Gasteiger partial charge in [-0.25, -0.2) is 14.4 Å². The van der Waals surface area contributed by atoms with Crippen LogP contribution in [-0.2, 0) is 12.8 Å². The standard InChI is InChI=1S/C34H31FN10O5/c1-19-15-29(46)40-33(36-19)45-28(39-32(49)25-12-4-5-13-26(25)50-3)17-24(43-45)11-7-10-23-18-30(47)41-34(37-23)44-27(14-20(2)42-44)38-31(48)21-8-6-9-22(35)16-21/h4-6,8-9,12-18H,7,10-11H2,1-3H3,(H,38,48)(H,39,49)(H,36,40,46)(H,37,41,47). The van der Waals surface area contributed by atoms with Crippen molar-refractivity contribution in [1.29, 1.82) is 0 Å². The van der Waals surface area contributed by atoms with E-state index < -0.39 is 23.2 Å². The predicted molar refractivity (Wildman–Crippen MR) is 181 cm³/mol. The SMILES string of the molecule is COc1ccccc1C(=O)Nc1cc(CCCc2cc(=O)[nH]c(-n3nc(C)cc3NC(=O)c3cccc(F)c3)n2)nn1-c1nc(C)cc(=O)[nH]1. The summed E-state index contributed by atoms with van der Waals surface area (Å²) in [6, 6.07) is 18.0. The van der Waals surface area contributed by atoms with Crippen molar-refractivity contribution in [2.75, 3.05) is 17.7 Å². The molecule has 254 valence electrons. The van der Waals surface area contributed by atoms with Gasteiger partial charge in [0.2, 0.25) is 11.9 Å². The molecule has 0 atom stereocenters. The van der Waals surface area contributed by atoms with Crippen LogP contribution in [0, 0.1) is 19.7 Å². The van der Waals surface area contributed by atoms with Crippen LogP contribution in [0.4, 0.5) is 16.0 Å². The third-order valence-electron chi connectivity index (χ3n) is 7.42. The van der Waals surface area contributed by atoms with Gasteiger partial charge in [-0.05, 0) is 63.4 Å². The number of carbonyl (C=O) groups is 2. The van der Waals surface area contributed by atoms with Crippen molar-refractivity contribution in [3.05, 3.63) is 133 Å². The first kappa shape index (κ1) is 33.2. The van der Waals surface area contributed by atoms with Crippen molar-refractivity contribution < 1.29 is 18.7 Å². The summed E-state index contributed by atoms with van der Waals surface area (Å²) in [4.78, 5) is 65.3. The fourth-order valence-electron chi connectivity index (χ4n) is 5.22. The minimum Gasteiger partial charge on any atom is -0.496 e. The van der Waals surface area contributed by atoms with E-state index in [9.17, 15) is 23.6 Å². The number of carbonyl (C=O) groups excluding carboxylic acids is 2. The highest BCUT2D eigenvalue weighted by Gasteiger charge is 2.19. The Morgan fingerprint density at radius 1 is 0.760 bits per heavy atom. The summed E-state index contributed by atoms with van der Waals surface area (Å²) in [5.41, 5.74) is 1.62. The fraction of sp³-hybridized carbons (Fsp3) is 0.176. The summed E-state index contributed by atoms with van der Waals surface area (Å²) in [5.74, 6) is -0.491. The lowest BCUT2D eigenvalue weighted by Gasteiger charge is -2.10. The molecule has 16 heteroatoms. The van der Waals surface area contributed by atoms with Crippen LogP contribution < -0.4 is 26.5 Å². The number of aryl methyl sites for hydroxylation is 4. The summed E-state index contributed by atoms with van der Waals surface area (Å²) >= 11 is 0. The molecule has 6 rings (SSSR count). The van der Waals surface area contributed by atoms with Gasteiger partial charge in [-0.1, -0.05) is 18.2 Å². The Hall–Kier alpha value is -6.71. The summed E-state index contributed by atoms with van der Waals surface area (Å²) in [6.45, 7) is 3.38. The van der Waals surface area contributed by atoms with Gasteiger partial charge in [-0.15, -0.1) is 0 Å². The molecule has 0 unspecified atom stereocenters. The highest BCUT2D eigenvalue weighted by molar-refractivity contribution is 6.06. The molecule has 2 amide bonds. The molecule has 4 N–H and O–H groups in total. The number of nitrogens with one attached hydrogen (secondary N) is 4. The van der Waals surface area contributed by atoms with E-state index in [0.29, 0.717) is 53.4 Å². The molecular formula is C34H31FN10O5. The summed E-state index contributed by atoms with van der Waals surface area (Å²) < 4.78 is 21.7. The molecule has 0 aliphatic heterocycles. The van der Waals surface area contributed by atoms with Crippen LogP contribution in [0.3, 0.4) is 0 Å². The quantitative estimate of drug-likeness (QED) is 0.158. The van der Waals surface area contributed by atoms with Gasteiger partial charge in [-0.2, -0.15) is 19.6 Å². The third kappa shape index (κ3) is 7.54. The van der Waals surface area contributed by atoms with Gasteiger partial charge in [0.1, 0.15) is 23.2 Å². The zero-order valence-electron chi connectivity index (χ0n) is 27.2. The van der Waals surface area contributed by atoms with Gasteiger partial charge < -0.3 is 15.4 Å². The van der Waals surface area contributed by atoms with E-state index in [1.165, 1.54) is 46.8 Å². The highest BCUT2D eigenvalue weighted by atomic mass is 19.1. The number of aromatic amines is 2. The number of hydrogen-bond acceptors (Lipinski definition) is 9. The monoisotopic (exact) mass is 678 g/mol. The molecule has 50 heavy (non-hydrogen) atoms. The lowest BCUT2D eigenvalue weighted by atomic mass is 10.1. The van der Waals surface area contributed by atoms with Crippen molar-refractivity contribution in [3.63, 3.8) is 0 Å². The van der Waals surface area contributed by atoms with Crippen LogP contribution in [0.2, 0.25) is 0 Å². The number of ether oxygens (including phenoxy) is 1. The van der Waals surface area contributed by atoms with Crippen LogP contribution in [0.1, 0.15) is 49.9 Å². The highest BCUT2D eigenvalue weighted by Crippen LogP contribution is 2.22. The van der Waals surface area contributed by atoms with E-state index in [0.717, 1.165) is 6.07 Å². The number of rotatable bonds is 11. The maximum atomic E-state index is 13.7. The average Bonchev–Trinajstić information content (AvgIpc) is 3.66. The van der Waals surface area contributed by atoms with Crippen LogP contribution in [-0.4, -0.2) is 58.4 Å². The lowest BCUT2D eigenvalue weighted by Crippen LogP contribution is -2.19. The number of para-hydroxylation sites is 1. The van der Waals surface area contributed by atoms with Crippen LogP contribution in [0.15, 0.2) is 82.4 Å². The molecule has 0 saturated heterocycles. The van der Waals surface area contributed by atoms with Gasteiger partial charge in [0.25, 0.3) is 22.9 Å². The number of anilines is 2. The molecule has 0 aliphatic rings. The van der Waals surface area contributed by atoms with E-state index in [1.54, 1.807) is 50.2 Å². The second-order valence-electron chi connectivity index (χ2n) is 11.3. The van der Waals surface area contributed by atoms with Crippen molar-refractivity contribution in [1.82, 2.24) is 39.5 Å².